The van der Waals surface area contributed by atoms with E-state index in [-0.39, 0.29) is 5.41 Å². The molecule has 1 aliphatic carbocycles. The summed E-state index contributed by atoms with van der Waals surface area (Å²) in [6, 6.07) is 7.84. The monoisotopic (exact) mass is 405 g/mol. The number of nitrogens with zero attached hydrogens (tertiary/aromatic N) is 4. The van der Waals surface area contributed by atoms with E-state index < -0.39 is 0 Å². The Kier molecular flexibility index (Phi) is 4.99. The summed E-state index contributed by atoms with van der Waals surface area (Å²) >= 11 is 0. The predicted octanol–water partition coefficient (Wildman–Crippen LogP) is 3.56. The molecule has 30 heavy (non-hydrogen) atoms. The van der Waals surface area contributed by atoms with Gasteiger partial charge in [-0.25, -0.2) is 15.0 Å². The molecule has 0 unspecified atom stereocenters. The number of aromatic nitrogens is 3. The van der Waals surface area contributed by atoms with Crippen molar-refractivity contribution in [2.24, 2.45) is 0 Å². The third kappa shape index (κ3) is 3.30. The van der Waals surface area contributed by atoms with Crippen molar-refractivity contribution >= 4 is 24.0 Å². The van der Waals surface area contributed by atoms with E-state index in [2.05, 4.69) is 21.9 Å². The number of anilines is 3. The van der Waals surface area contributed by atoms with Crippen molar-refractivity contribution in [2.45, 2.75) is 25.2 Å². The van der Waals surface area contributed by atoms with E-state index in [4.69, 9.17) is 20.0 Å². The van der Waals surface area contributed by atoms with Gasteiger partial charge in [0.25, 0.3) is 0 Å². The van der Waals surface area contributed by atoms with Gasteiger partial charge in [0.05, 0.1) is 30.4 Å². The molecule has 2 N–H and O–H groups in total. The summed E-state index contributed by atoms with van der Waals surface area (Å²) in [4.78, 5) is 22.5. The first-order chi connectivity index (χ1) is 14.6. The van der Waals surface area contributed by atoms with Gasteiger partial charge in [0.2, 0.25) is 5.88 Å². The van der Waals surface area contributed by atoms with E-state index in [0.717, 1.165) is 42.2 Å². The Morgan fingerprint density at radius 3 is 2.63 bits per heavy atom. The highest BCUT2D eigenvalue weighted by Crippen LogP contribution is 2.59. The van der Waals surface area contributed by atoms with Crippen LogP contribution in [0.25, 0.3) is 0 Å². The molecule has 2 aliphatic rings. The third-order valence-corrected chi connectivity index (χ3v) is 5.55. The van der Waals surface area contributed by atoms with Crippen molar-refractivity contribution in [2.75, 3.05) is 24.3 Å². The number of hydrogen-bond donors (Lipinski definition) is 1. The van der Waals surface area contributed by atoms with Crippen LogP contribution in [0.15, 0.2) is 43.0 Å². The Balaban J connectivity index is 0.00000106. The minimum absolute atomic E-state index is 0.140. The third-order valence-electron chi connectivity index (χ3n) is 5.55. The zero-order chi connectivity index (χ0) is 21.3. The van der Waals surface area contributed by atoms with Crippen molar-refractivity contribution in [3.8, 4) is 17.4 Å². The van der Waals surface area contributed by atoms with E-state index in [1.807, 2.05) is 43.0 Å². The number of pyridine rings is 1. The Morgan fingerprint density at radius 2 is 1.97 bits per heavy atom. The van der Waals surface area contributed by atoms with E-state index in [1.54, 1.807) is 12.4 Å². The second kappa shape index (κ2) is 7.62. The molecule has 1 aromatic carbocycles. The quantitative estimate of drug-likeness (QED) is 0.703. The molecule has 8 nitrogen and oxygen atoms in total. The van der Waals surface area contributed by atoms with Gasteiger partial charge >= 0.3 is 0 Å². The molecular weight excluding hydrogens is 382 g/mol. The molecule has 0 radical (unpaired) electrons. The van der Waals surface area contributed by atoms with Gasteiger partial charge in [0.1, 0.15) is 24.6 Å². The number of rotatable bonds is 4. The van der Waals surface area contributed by atoms with Gasteiger partial charge in [-0.1, -0.05) is 6.07 Å². The maximum atomic E-state index is 8.00. The number of carbonyl (C=O) groups is 1. The second-order valence-electron chi connectivity index (χ2n) is 7.47. The van der Waals surface area contributed by atoms with Crippen LogP contribution in [0.5, 0.6) is 17.4 Å². The maximum absolute atomic E-state index is 8.00. The number of nitrogens with two attached hydrogens (primary N) is 1. The summed E-state index contributed by atoms with van der Waals surface area (Å²) in [5.41, 5.74) is 9.82. The summed E-state index contributed by atoms with van der Waals surface area (Å²) in [5, 5.41) is 0. The Labute approximate surface area is 174 Å². The molecule has 0 atom stereocenters. The Morgan fingerprint density at radius 1 is 1.17 bits per heavy atom. The van der Waals surface area contributed by atoms with Crippen molar-refractivity contribution in [1.29, 1.82) is 0 Å². The van der Waals surface area contributed by atoms with Crippen LogP contribution in [0.3, 0.4) is 0 Å². The molecule has 5 rings (SSSR count). The summed E-state index contributed by atoms with van der Waals surface area (Å²) in [6.45, 7) is 4.83. The van der Waals surface area contributed by atoms with E-state index in [9.17, 15) is 0 Å². The van der Waals surface area contributed by atoms with Crippen LogP contribution in [0.4, 0.5) is 17.2 Å². The molecule has 0 amide bonds. The number of nitrogen functional groups attached to an aromatic ring is 1. The largest absolute Gasteiger partial charge is 0.492 e. The molecule has 1 saturated carbocycles. The number of ether oxygens (including phenoxy) is 2. The van der Waals surface area contributed by atoms with Crippen LogP contribution < -0.4 is 20.1 Å². The Bertz CT molecular complexity index is 1070. The minimum Gasteiger partial charge on any atom is -0.492 e. The van der Waals surface area contributed by atoms with Gasteiger partial charge in [-0.2, -0.15) is 0 Å². The summed E-state index contributed by atoms with van der Waals surface area (Å²) in [5.74, 6) is 2.99. The number of carbonyl (C=O) groups excluding carboxylic acids is 1. The molecule has 1 spiro atoms. The number of fused-ring (bicyclic) bond motifs is 2. The molecule has 3 aromatic rings. The summed E-state index contributed by atoms with van der Waals surface area (Å²) < 4.78 is 12.1. The van der Waals surface area contributed by atoms with Crippen LogP contribution in [-0.4, -0.2) is 35.4 Å². The minimum atomic E-state index is 0.140. The van der Waals surface area contributed by atoms with E-state index in [1.165, 1.54) is 11.9 Å². The van der Waals surface area contributed by atoms with Gasteiger partial charge in [0, 0.05) is 24.1 Å². The lowest BCUT2D eigenvalue weighted by Crippen LogP contribution is -2.13. The van der Waals surface area contributed by atoms with Crippen molar-refractivity contribution in [3.05, 3.63) is 54.1 Å². The lowest BCUT2D eigenvalue weighted by molar-refractivity contribution is -0.0979. The van der Waals surface area contributed by atoms with Gasteiger partial charge in [-0.05, 0) is 37.5 Å². The molecule has 8 heteroatoms. The molecule has 1 fully saturated rings. The lowest BCUT2D eigenvalue weighted by Gasteiger charge is -2.19. The fourth-order valence-corrected chi connectivity index (χ4v) is 3.75. The zero-order valence-electron chi connectivity index (χ0n) is 17.0. The number of benzene rings is 1. The maximum Gasteiger partial charge on any atom is 0.219 e. The van der Waals surface area contributed by atoms with Crippen LogP contribution in [0.2, 0.25) is 0 Å². The first kappa shape index (κ1) is 19.6. The van der Waals surface area contributed by atoms with E-state index >= 15 is 0 Å². The normalized spacial score (nSPS) is 14.9. The molecule has 2 aromatic heterocycles. The summed E-state index contributed by atoms with van der Waals surface area (Å²) in [6.07, 6.45) is 7.10. The van der Waals surface area contributed by atoms with Gasteiger partial charge < -0.3 is 24.9 Å². The van der Waals surface area contributed by atoms with E-state index in [0.29, 0.717) is 17.4 Å². The number of hydrogen-bond acceptors (Lipinski definition) is 8. The standard InChI is InChI=1S/C21H21N5O2.CH2O/c1-13-3-5-16(18-19(13)27-11-21(18)7-8-21)28-17-6-4-14(9-24-17)26(2)20-15(22)10-23-12-25-20;1-2/h3-6,9-10,12H,7-8,11,22H2,1-2H3;1H2. The average molecular weight is 405 g/mol. The highest BCUT2D eigenvalue weighted by Gasteiger charge is 2.53. The van der Waals surface area contributed by atoms with Crippen molar-refractivity contribution in [3.63, 3.8) is 0 Å². The number of aryl methyl sites for hydroxylation is 1. The SMILES string of the molecule is C=O.Cc1ccc(Oc2ccc(N(C)c3ncncc3N)cn2)c2c1OCC21CC1. The van der Waals surface area contributed by atoms with Crippen LogP contribution in [0.1, 0.15) is 24.0 Å². The fraction of sp³-hybridized carbons (Fsp3) is 0.273. The van der Waals surface area contributed by atoms with Crippen molar-refractivity contribution < 1.29 is 14.3 Å². The first-order valence-electron chi connectivity index (χ1n) is 9.56. The van der Waals surface area contributed by atoms with Crippen molar-refractivity contribution in [1.82, 2.24) is 15.0 Å². The first-order valence-corrected chi connectivity index (χ1v) is 9.56. The van der Waals surface area contributed by atoms with Crippen LogP contribution in [-0.2, 0) is 10.2 Å². The average Bonchev–Trinajstić information content (AvgIpc) is 3.45. The van der Waals surface area contributed by atoms with Crippen LogP contribution >= 0.6 is 0 Å². The topological polar surface area (TPSA) is 103 Å². The zero-order valence-corrected chi connectivity index (χ0v) is 17.0. The second-order valence-corrected chi connectivity index (χ2v) is 7.47. The van der Waals surface area contributed by atoms with Crippen LogP contribution in [0, 0.1) is 6.92 Å². The van der Waals surface area contributed by atoms with Gasteiger partial charge in [0.15, 0.2) is 5.82 Å². The lowest BCUT2D eigenvalue weighted by atomic mass is 9.95. The summed E-state index contributed by atoms with van der Waals surface area (Å²) in [7, 11) is 1.89. The van der Waals surface area contributed by atoms with Gasteiger partial charge in [-0.3, -0.25) is 0 Å². The highest BCUT2D eigenvalue weighted by atomic mass is 16.5. The Hall–Kier alpha value is -3.68. The molecule has 3 heterocycles. The fourth-order valence-electron chi connectivity index (χ4n) is 3.75. The predicted molar refractivity (Wildman–Crippen MR) is 114 cm³/mol. The molecule has 154 valence electrons. The smallest absolute Gasteiger partial charge is 0.219 e. The molecular formula is C22H23N5O3. The van der Waals surface area contributed by atoms with Gasteiger partial charge in [-0.15, -0.1) is 0 Å². The highest BCUT2D eigenvalue weighted by molar-refractivity contribution is 5.69. The molecule has 1 aliphatic heterocycles. The molecule has 0 saturated heterocycles. The molecule has 0 bridgehead atoms.